The van der Waals surface area contributed by atoms with Gasteiger partial charge in [-0.2, -0.15) is 0 Å². The fraction of sp³-hybridized carbons (Fsp3) is 0. The molecule has 0 amide bonds. The first-order chi connectivity index (χ1) is 38.9. The van der Waals surface area contributed by atoms with Gasteiger partial charge in [-0.1, -0.05) is 94.9 Å². The van der Waals surface area contributed by atoms with E-state index in [-0.39, 0.29) is 0 Å². The van der Waals surface area contributed by atoms with Crippen molar-refractivity contribution in [2.24, 2.45) is 0 Å². The largest absolute Gasteiger partial charge is 0.457 e. The molecule has 8 rings (SSSR count). The van der Waals surface area contributed by atoms with Crippen LogP contribution in [0.5, 0.6) is 23.0 Å². The lowest BCUT2D eigenvalue weighted by Crippen LogP contribution is -1.89. The van der Waals surface area contributed by atoms with Crippen LogP contribution in [0.3, 0.4) is 0 Å². The van der Waals surface area contributed by atoms with E-state index in [1.54, 1.807) is 84.9 Å². The minimum absolute atomic E-state index is 0.593. The highest BCUT2D eigenvalue weighted by Crippen LogP contribution is 2.26. The van der Waals surface area contributed by atoms with E-state index in [2.05, 4.69) is 88.8 Å². The Balaban J connectivity index is 0.000000257. The van der Waals surface area contributed by atoms with Gasteiger partial charge in [0.25, 0.3) is 0 Å². The summed E-state index contributed by atoms with van der Waals surface area (Å²) in [4.78, 5) is 0. The van der Waals surface area contributed by atoms with Crippen molar-refractivity contribution >= 4 is 0 Å². The minimum atomic E-state index is 0.593. The van der Waals surface area contributed by atoms with Crippen molar-refractivity contribution in [1.82, 2.24) is 0 Å². The standard InChI is InChI=1S/C18H10O.C16H10O.2C12H6.2C10H6/c1-4-14-7-10-17(11-8-14)19-18-12-9-15(5-2)13-16(18)6-3;1-3-13-5-9-15(10-6-13)17-16-11-7-14(4-2)8-12-16;1-4-10-7-11(5-2)9-12(6-3)8-10;1-4-10-7-8-11(5-2)12(6-3)9-10;1-3-9-5-7-10(4-2)8-6-9;1-3-9-6-5-7-10(4-2)8-9/h1-3,7-13H;1-2,5-12H;2*1-3,7-9H;2*1-2,5-8H. The van der Waals surface area contributed by atoms with Gasteiger partial charge in [-0.3, -0.25) is 0 Å². The second-order valence-corrected chi connectivity index (χ2v) is 15.4. The molecule has 0 aliphatic heterocycles. The molecule has 0 bridgehead atoms. The normalized spacial score (nSPS) is 8.31. The molecule has 0 spiro atoms. The monoisotopic (exact) mass is 1010 g/mol. The molecule has 0 aliphatic carbocycles. The van der Waals surface area contributed by atoms with Gasteiger partial charge in [0.2, 0.25) is 0 Å². The molecule has 368 valence electrons. The van der Waals surface area contributed by atoms with Crippen LogP contribution in [-0.2, 0) is 0 Å². The first-order valence-corrected chi connectivity index (χ1v) is 23.2. The molecule has 0 atom stereocenters. The maximum atomic E-state index is 5.72. The SMILES string of the molecule is C#Cc1cc(C#C)cc(C#C)c1.C#Cc1ccc(C#C)c(C#C)c1.C#Cc1ccc(C#C)cc1.C#Cc1ccc(Oc2ccc(C#C)cc2)cc1.C#Cc1ccc(Oc2ccc(C#C)cc2C#C)cc1.C#Cc1cccc(C#C)c1. The van der Waals surface area contributed by atoms with E-state index < -0.39 is 0 Å². The molecule has 0 radical (unpaired) electrons. The average molecular weight is 1010 g/mol. The Hall–Kier alpha value is -13.2. The third kappa shape index (κ3) is 20.7. The molecule has 0 N–H and O–H groups in total. The van der Waals surface area contributed by atoms with E-state index in [0.717, 1.165) is 78.3 Å². The number of rotatable bonds is 4. The molecule has 0 aliphatic rings. The third-order valence-electron chi connectivity index (χ3n) is 10.2. The number of hydrogen-bond donors (Lipinski definition) is 0. The summed E-state index contributed by atoms with van der Waals surface area (Å²) in [6.07, 6.45) is 78.5. The molecule has 2 heteroatoms. The lowest BCUT2D eigenvalue weighted by atomic mass is 10.1. The summed E-state index contributed by atoms with van der Waals surface area (Å²) in [6, 6.07) is 52.4. The minimum Gasteiger partial charge on any atom is -0.457 e. The summed E-state index contributed by atoms with van der Waals surface area (Å²) in [5.74, 6) is 40.5. The maximum absolute atomic E-state index is 5.72. The molecular weight excluding hydrogens is 969 g/mol. The topological polar surface area (TPSA) is 18.5 Å². The van der Waals surface area contributed by atoms with Crippen molar-refractivity contribution in [3.8, 4) is 208 Å². The quantitative estimate of drug-likeness (QED) is 0.164. The second-order valence-electron chi connectivity index (χ2n) is 15.4. The van der Waals surface area contributed by atoms with Gasteiger partial charge < -0.3 is 9.47 Å². The molecule has 0 unspecified atom stereocenters. The molecule has 0 saturated heterocycles. The van der Waals surface area contributed by atoms with E-state index in [0.29, 0.717) is 28.2 Å². The lowest BCUT2D eigenvalue weighted by Gasteiger charge is -2.08. The van der Waals surface area contributed by atoms with Gasteiger partial charge in [0.15, 0.2) is 0 Å². The molecule has 0 fully saturated rings. The number of ether oxygens (including phenoxy) is 2. The molecule has 2 nitrogen and oxygen atoms in total. The first-order valence-electron chi connectivity index (χ1n) is 23.2. The Labute approximate surface area is 474 Å². The molecule has 0 saturated carbocycles. The lowest BCUT2D eigenvalue weighted by molar-refractivity contribution is 0.481. The zero-order valence-corrected chi connectivity index (χ0v) is 43.2. The molecule has 0 heterocycles. The Kier molecular flexibility index (Phi) is 26.1. The van der Waals surface area contributed by atoms with Gasteiger partial charge in [0.1, 0.15) is 23.0 Å². The van der Waals surface area contributed by atoms with E-state index in [9.17, 15) is 0 Å². The zero-order valence-electron chi connectivity index (χ0n) is 43.2. The van der Waals surface area contributed by atoms with Crippen LogP contribution in [0.15, 0.2) is 176 Å². The summed E-state index contributed by atoms with van der Waals surface area (Å²) in [7, 11) is 0. The van der Waals surface area contributed by atoms with Crippen LogP contribution in [0.2, 0.25) is 0 Å². The van der Waals surface area contributed by atoms with Gasteiger partial charge >= 0.3 is 0 Å². The summed E-state index contributed by atoms with van der Waals surface area (Å²) in [5, 5.41) is 0. The average Bonchev–Trinajstić information content (AvgIpc) is 3.54. The van der Waals surface area contributed by atoms with Gasteiger partial charge in [-0.15, -0.1) is 96.4 Å². The van der Waals surface area contributed by atoms with E-state index >= 15 is 0 Å². The smallest absolute Gasteiger partial charge is 0.143 e. The maximum Gasteiger partial charge on any atom is 0.143 e. The molecule has 0 aromatic heterocycles. The predicted molar refractivity (Wildman–Crippen MR) is 331 cm³/mol. The Morgan fingerprint density at radius 2 is 0.438 bits per heavy atom. The van der Waals surface area contributed by atoms with E-state index in [1.165, 1.54) is 0 Å². The summed E-state index contributed by atoms with van der Waals surface area (Å²) < 4.78 is 11.4. The molecule has 8 aromatic carbocycles. The van der Waals surface area contributed by atoms with Crippen LogP contribution >= 0.6 is 0 Å². The van der Waals surface area contributed by atoms with Crippen LogP contribution in [0.4, 0.5) is 0 Å². The Bertz CT molecular complexity index is 3930. The highest BCUT2D eigenvalue weighted by molar-refractivity contribution is 5.55. The number of terminal acetylenes is 15. The van der Waals surface area contributed by atoms with Gasteiger partial charge in [-0.05, 0) is 170 Å². The van der Waals surface area contributed by atoms with Crippen molar-refractivity contribution in [3.05, 3.63) is 259 Å². The predicted octanol–water partition coefficient (Wildman–Crippen LogP) is 13.4. The van der Waals surface area contributed by atoms with E-state index in [1.807, 2.05) is 91.0 Å². The number of benzene rings is 8. The Morgan fingerprint density at radius 3 is 0.750 bits per heavy atom. The molecule has 8 aromatic rings. The fourth-order valence-corrected chi connectivity index (χ4v) is 6.06. The number of hydrogen-bond acceptors (Lipinski definition) is 2. The van der Waals surface area contributed by atoms with E-state index in [4.69, 9.17) is 106 Å². The van der Waals surface area contributed by atoms with Gasteiger partial charge in [0.05, 0.1) is 5.56 Å². The van der Waals surface area contributed by atoms with Crippen LogP contribution in [0, 0.1) is 185 Å². The van der Waals surface area contributed by atoms with Gasteiger partial charge in [0, 0.05) is 77.9 Å². The fourth-order valence-electron chi connectivity index (χ4n) is 6.06. The second kappa shape index (κ2) is 34.2. The van der Waals surface area contributed by atoms with Crippen LogP contribution in [0.1, 0.15) is 83.5 Å². The first kappa shape index (κ1) is 61.1. The van der Waals surface area contributed by atoms with Crippen molar-refractivity contribution in [2.75, 3.05) is 0 Å². The van der Waals surface area contributed by atoms with Crippen molar-refractivity contribution < 1.29 is 9.47 Å². The summed E-state index contributed by atoms with van der Waals surface area (Å²) >= 11 is 0. The van der Waals surface area contributed by atoms with Crippen molar-refractivity contribution in [3.63, 3.8) is 0 Å². The zero-order chi connectivity index (χ0) is 58.5. The molecule has 80 heavy (non-hydrogen) atoms. The Morgan fingerprint density at radius 1 is 0.188 bits per heavy atom. The van der Waals surface area contributed by atoms with Crippen molar-refractivity contribution in [2.45, 2.75) is 0 Å². The van der Waals surface area contributed by atoms with Crippen LogP contribution in [0.25, 0.3) is 0 Å². The highest BCUT2D eigenvalue weighted by atomic mass is 16.5. The van der Waals surface area contributed by atoms with Crippen molar-refractivity contribution in [1.29, 1.82) is 0 Å². The van der Waals surface area contributed by atoms with Crippen LogP contribution in [-0.4, -0.2) is 0 Å². The third-order valence-corrected chi connectivity index (χ3v) is 10.2. The molecular formula is C78H44O2. The summed E-state index contributed by atoms with van der Waals surface area (Å²) in [5.41, 5.74) is 11.5. The highest BCUT2D eigenvalue weighted by Gasteiger charge is 2.05. The summed E-state index contributed by atoms with van der Waals surface area (Å²) in [6.45, 7) is 0. The van der Waals surface area contributed by atoms with Gasteiger partial charge in [-0.25, -0.2) is 0 Å². The van der Waals surface area contributed by atoms with Crippen LogP contribution < -0.4 is 9.47 Å².